The molecule has 27 heavy (non-hydrogen) atoms. The van der Waals surface area contributed by atoms with E-state index in [9.17, 15) is 14.4 Å². The average Bonchev–Trinajstić information content (AvgIpc) is 3.27. The van der Waals surface area contributed by atoms with Crippen molar-refractivity contribution in [1.82, 2.24) is 4.90 Å². The summed E-state index contributed by atoms with van der Waals surface area (Å²) >= 11 is 6.00. The third-order valence-electron chi connectivity index (χ3n) is 4.27. The van der Waals surface area contributed by atoms with Gasteiger partial charge in [0, 0.05) is 13.0 Å². The molecule has 1 aromatic carbocycles. The molecule has 142 valence electrons. The van der Waals surface area contributed by atoms with Gasteiger partial charge in [0.25, 0.3) is 5.91 Å². The van der Waals surface area contributed by atoms with Crippen LogP contribution in [0.2, 0.25) is 5.02 Å². The highest BCUT2D eigenvalue weighted by Crippen LogP contribution is 2.23. The van der Waals surface area contributed by atoms with Gasteiger partial charge in [-0.3, -0.25) is 14.4 Å². The quantitative estimate of drug-likeness (QED) is 0.766. The molecule has 0 spiro atoms. The van der Waals surface area contributed by atoms with E-state index in [0.717, 1.165) is 0 Å². The molecule has 0 aliphatic carbocycles. The van der Waals surface area contributed by atoms with Gasteiger partial charge in [0.05, 0.1) is 29.4 Å². The predicted molar refractivity (Wildman–Crippen MR) is 97.9 cm³/mol. The molecule has 8 heteroatoms. The van der Waals surface area contributed by atoms with E-state index in [1.54, 1.807) is 41.3 Å². The van der Waals surface area contributed by atoms with Crippen LogP contribution in [0.5, 0.6) is 0 Å². The summed E-state index contributed by atoms with van der Waals surface area (Å²) in [4.78, 5) is 38.2. The van der Waals surface area contributed by atoms with E-state index >= 15 is 0 Å². The molecule has 3 rings (SSSR count). The number of rotatable bonds is 6. The molecule has 1 aliphatic heterocycles. The fourth-order valence-electron chi connectivity index (χ4n) is 2.79. The molecule has 0 radical (unpaired) electrons. The van der Waals surface area contributed by atoms with Crippen molar-refractivity contribution in [2.24, 2.45) is 5.92 Å². The minimum Gasteiger partial charge on any atom is -0.467 e. The number of benzene rings is 1. The zero-order valence-electron chi connectivity index (χ0n) is 14.7. The van der Waals surface area contributed by atoms with Crippen molar-refractivity contribution in [2.75, 3.05) is 11.9 Å². The van der Waals surface area contributed by atoms with Crippen molar-refractivity contribution >= 4 is 35.1 Å². The molecule has 2 heterocycles. The first kappa shape index (κ1) is 19.0. The molecule has 2 aromatic rings. The van der Waals surface area contributed by atoms with Crippen molar-refractivity contribution < 1.29 is 23.5 Å². The van der Waals surface area contributed by atoms with Crippen molar-refractivity contribution in [3.8, 4) is 0 Å². The van der Waals surface area contributed by atoms with Crippen LogP contribution in [-0.4, -0.2) is 35.3 Å². The second-order valence-corrected chi connectivity index (χ2v) is 6.71. The summed E-state index contributed by atoms with van der Waals surface area (Å²) in [7, 11) is 0. The standard InChI is InChI=1S/C19H19ClN2O5/c1-12(18(24)21-16-7-3-2-6-15(16)20)27-19(25)13-9-17(23)22(10-13)11-14-5-4-8-26-14/h2-8,12-13H,9-11H2,1H3,(H,21,24)/t12-,13+/m0/s1. The zero-order chi connectivity index (χ0) is 19.4. The fraction of sp³-hybridized carbons (Fsp3) is 0.316. The first-order valence-electron chi connectivity index (χ1n) is 8.50. The number of ether oxygens (including phenoxy) is 1. The summed E-state index contributed by atoms with van der Waals surface area (Å²) in [6, 6.07) is 10.3. The van der Waals surface area contributed by atoms with Gasteiger partial charge in [-0.25, -0.2) is 0 Å². The second-order valence-electron chi connectivity index (χ2n) is 6.30. The number of hydrogen-bond acceptors (Lipinski definition) is 5. The van der Waals surface area contributed by atoms with Gasteiger partial charge < -0.3 is 19.4 Å². The van der Waals surface area contributed by atoms with Crippen molar-refractivity contribution in [3.63, 3.8) is 0 Å². The average molecular weight is 391 g/mol. The molecule has 2 atom stereocenters. The molecule has 1 aromatic heterocycles. The number of carbonyl (C=O) groups excluding carboxylic acids is 3. The van der Waals surface area contributed by atoms with E-state index in [-0.39, 0.29) is 18.9 Å². The third kappa shape index (κ3) is 4.68. The largest absolute Gasteiger partial charge is 0.467 e. The number of esters is 1. The summed E-state index contributed by atoms with van der Waals surface area (Å²) in [5.74, 6) is -1.19. The van der Waals surface area contributed by atoms with Crippen molar-refractivity contribution in [3.05, 3.63) is 53.4 Å². The molecular formula is C19H19ClN2O5. The summed E-state index contributed by atoms with van der Waals surface area (Å²) < 4.78 is 10.5. The molecule has 0 unspecified atom stereocenters. The number of furan rings is 1. The van der Waals surface area contributed by atoms with Gasteiger partial charge in [-0.1, -0.05) is 23.7 Å². The van der Waals surface area contributed by atoms with Crippen LogP contribution in [0.25, 0.3) is 0 Å². The normalized spacial score (nSPS) is 17.6. The first-order chi connectivity index (χ1) is 12.9. The Hall–Kier alpha value is -2.80. The monoisotopic (exact) mass is 390 g/mol. The molecule has 1 fully saturated rings. The van der Waals surface area contributed by atoms with Gasteiger partial charge >= 0.3 is 5.97 Å². The number of carbonyl (C=O) groups is 3. The maximum Gasteiger partial charge on any atom is 0.312 e. The number of hydrogen-bond donors (Lipinski definition) is 1. The van der Waals surface area contributed by atoms with E-state index in [0.29, 0.717) is 23.0 Å². The second kappa shape index (κ2) is 8.26. The smallest absolute Gasteiger partial charge is 0.312 e. The highest BCUT2D eigenvalue weighted by atomic mass is 35.5. The van der Waals surface area contributed by atoms with Crippen LogP contribution in [0, 0.1) is 5.92 Å². The summed E-state index contributed by atoms with van der Waals surface area (Å²) in [5.41, 5.74) is 0.438. The minimum absolute atomic E-state index is 0.0540. The highest BCUT2D eigenvalue weighted by molar-refractivity contribution is 6.33. The summed E-state index contributed by atoms with van der Waals surface area (Å²) in [6.45, 7) is 2.01. The van der Waals surface area contributed by atoms with E-state index in [4.69, 9.17) is 20.8 Å². The van der Waals surface area contributed by atoms with E-state index in [2.05, 4.69) is 5.32 Å². The maximum atomic E-state index is 12.3. The lowest BCUT2D eigenvalue weighted by Crippen LogP contribution is -2.33. The molecule has 1 saturated heterocycles. The van der Waals surface area contributed by atoms with Crippen molar-refractivity contribution in [1.29, 1.82) is 0 Å². The number of amides is 2. The molecule has 1 aliphatic rings. The molecule has 1 N–H and O–H groups in total. The Bertz CT molecular complexity index is 836. The number of nitrogens with zero attached hydrogens (tertiary/aromatic N) is 1. The number of likely N-dealkylation sites (tertiary alicyclic amines) is 1. The Kier molecular flexibility index (Phi) is 5.81. The molecule has 0 saturated carbocycles. The minimum atomic E-state index is -1.01. The zero-order valence-corrected chi connectivity index (χ0v) is 15.4. The predicted octanol–water partition coefficient (Wildman–Crippen LogP) is 2.85. The van der Waals surface area contributed by atoms with Gasteiger partial charge in [-0.15, -0.1) is 0 Å². The summed E-state index contributed by atoms with van der Waals surface area (Å²) in [6.07, 6.45) is 0.572. The Morgan fingerprint density at radius 3 is 2.81 bits per heavy atom. The van der Waals surface area contributed by atoms with Crippen LogP contribution in [0.4, 0.5) is 5.69 Å². The Labute approximate surface area is 161 Å². The van der Waals surface area contributed by atoms with E-state index in [1.165, 1.54) is 13.2 Å². The highest BCUT2D eigenvalue weighted by Gasteiger charge is 2.36. The molecular weight excluding hydrogens is 372 g/mol. The van der Waals surface area contributed by atoms with Crippen LogP contribution >= 0.6 is 11.6 Å². The van der Waals surface area contributed by atoms with E-state index < -0.39 is 23.9 Å². The van der Waals surface area contributed by atoms with Crippen LogP contribution in [-0.2, 0) is 25.7 Å². The number of anilines is 1. The van der Waals surface area contributed by atoms with Gasteiger partial charge in [-0.05, 0) is 31.2 Å². The molecule has 0 bridgehead atoms. The number of para-hydroxylation sites is 1. The van der Waals surface area contributed by atoms with Crippen LogP contribution < -0.4 is 5.32 Å². The maximum absolute atomic E-state index is 12.3. The van der Waals surface area contributed by atoms with Crippen LogP contribution in [0.3, 0.4) is 0 Å². The van der Waals surface area contributed by atoms with Gasteiger partial charge in [0.1, 0.15) is 5.76 Å². The first-order valence-corrected chi connectivity index (χ1v) is 8.88. The summed E-state index contributed by atoms with van der Waals surface area (Å²) in [5, 5.41) is 3.00. The number of halogens is 1. The van der Waals surface area contributed by atoms with Gasteiger partial charge in [-0.2, -0.15) is 0 Å². The Morgan fingerprint density at radius 2 is 2.11 bits per heavy atom. The van der Waals surface area contributed by atoms with Gasteiger partial charge in [0.15, 0.2) is 6.10 Å². The van der Waals surface area contributed by atoms with Crippen LogP contribution in [0.1, 0.15) is 19.1 Å². The lowest BCUT2D eigenvalue weighted by molar-refractivity contribution is -0.157. The lowest BCUT2D eigenvalue weighted by Gasteiger charge is -2.17. The van der Waals surface area contributed by atoms with E-state index in [1.807, 2.05) is 0 Å². The van der Waals surface area contributed by atoms with Crippen molar-refractivity contribution in [2.45, 2.75) is 26.0 Å². The van der Waals surface area contributed by atoms with Gasteiger partial charge in [0.2, 0.25) is 5.91 Å². The van der Waals surface area contributed by atoms with Crippen LogP contribution in [0.15, 0.2) is 47.1 Å². The lowest BCUT2D eigenvalue weighted by atomic mass is 10.1. The Balaban J connectivity index is 1.53. The Morgan fingerprint density at radius 1 is 1.33 bits per heavy atom. The SMILES string of the molecule is C[C@H](OC(=O)[C@@H]1CC(=O)N(Cc2ccco2)C1)C(=O)Nc1ccccc1Cl. The molecule has 2 amide bonds. The topological polar surface area (TPSA) is 88.9 Å². The molecule has 7 nitrogen and oxygen atoms in total. The number of nitrogens with one attached hydrogen (secondary N) is 1. The fourth-order valence-corrected chi connectivity index (χ4v) is 2.98. The third-order valence-corrected chi connectivity index (χ3v) is 4.60.